The predicted octanol–water partition coefficient (Wildman–Crippen LogP) is 1.53. The summed E-state index contributed by atoms with van der Waals surface area (Å²) < 4.78 is 25.5. The highest BCUT2D eigenvalue weighted by atomic mass is 19.1. The fourth-order valence-corrected chi connectivity index (χ4v) is 2.10. The van der Waals surface area contributed by atoms with Crippen LogP contribution in [0.2, 0.25) is 0 Å². The van der Waals surface area contributed by atoms with E-state index in [9.17, 15) is 9.18 Å². The van der Waals surface area contributed by atoms with E-state index in [1.54, 1.807) is 6.92 Å². The minimum atomic E-state index is -0.805. The monoisotopic (exact) mass is 279 g/mol. The van der Waals surface area contributed by atoms with Crippen molar-refractivity contribution in [3.63, 3.8) is 0 Å². The lowest BCUT2D eigenvalue weighted by molar-refractivity contribution is 0.00578. The Labute approximate surface area is 118 Å². The van der Waals surface area contributed by atoms with Gasteiger partial charge in [-0.25, -0.2) is 4.39 Å². The molecule has 0 saturated carbocycles. The maximum absolute atomic E-state index is 13.7. The Morgan fingerprint density at radius 3 is 2.15 bits per heavy atom. The molecule has 0 spiro atoms. The van der Waals surface area contributed by atoms with Crippen molar-refractivity contribution in [2.75, 3.05) is 0 Å². The average Bonchev–Trinajstić information content (AvgIpc) is 2.47. The molecule has 0 aromatic heterocycles. The van der Waals surface area contributed by atoms with E-state index in [0.29, 0.717) is 11.0 Å². The van der Waals surface area contributed by atoms with E-state index in [1.807, 2.05) is 27.7 Å². The summed E-state index contributed by atoms with van der Waals surface area (Å²) in [5.41, 5.74) is 5.32. The maximum Gasteiger partial charge on any atom is 0.495 e. The number of hydrogen-bond acceptors (Lipinski definition) is 3. The first-order valence-corrected chi connectivity index (χ1v) is 6.50. The Bertz CT molecular complexity index is 556. The summed E-state index contributed by atoms with van der Waals surface area (Å²) in [5, 5.41) is 0. The molecule has 1 fully saturated rings. The van der Waals surface area contributed by atoms with Gasteiger partial charge in [-0.05, 0) is 57.8 Å². The lowest BCUT2D eigenvalue weighted by Crippen LogP contribution is -2.41. The van der Waals surface area contributed by atoms with Crippen LogP contribution in [0.25, 0.3) is 0 Å². The standard InChI is InChI=1S/C14H19BFNO3/c1-8-6-11(16)9(12(17)18)7-10(8)15-19-13(2,3)14(4,5)20-15/h6-7H,1-5H3,(H2,17,18). The van der Waals surface area contributed by atoms with Crippen LogP contribution in [0.15, 0.2) is 12.1 Å². The van der Waals surface area contributed by atoms with Gasteiger partial charge in [-0.15, -0.1) is 0 Å². The molecule has 1 aliphatic rings. The second-order valence-corrected chi connectivity index (χ2v) is 6.14. The van der Waals surface area contributed by atoms with E-state index < -0.39 is 30.0 Å². The predicted molar refractivity (Wildman–Crippen MR) is 75.4 cm³/mol. The zero-order valence-electron chi connectivity index (χ0n) is 12.4. The van der Waals surface area contributed by atoms with Crippen LogP contribution in [0, 0.1) is 12.7 Å². The lowest BCUT2D eigenvalue weighted by atomic mass is 9.75. The molecule has 0 atom stereocenters. The number of carbonyl (C=O) groups excluding carboxylic acids is 1. The maximum atomic E-state index is 13.7. The fraction of sp³-hybridized carbons (Fsp3) is 0.500. The molecule has 108 valence electrons. The van der Waals surface area contributed by atoms with Crippen molar-refractivity contribution in [2.24, 2.45) is 5.73 Å². The van der Waals surface area contributed by atoms with Gasteiger partial charge in [0.1, 0.15) is 5.82 Å². The van der Waals surface area contributed by atoms with Crippen LogP contribution >= 0.6 is 0 Å². The van der Waals surface area contributed by atoms with Crippen molar-refractivity contribution in [2.45, 2.75) is 45.8 Å². The van der Waals surface area contributed by atoms with Crippen molar-refractivity contribution >= 4 is 18.5 Å². The fourth-order valence-electron chi connectivity index (χ4n) is 2.10. The number of carbonyl (C=O) groups is 1. The van der Waals surface area contributed by atoms with Crippen molar-refractivity contribution in [1.29, 1.82) is 0 Å². The Kier molecular flexibility index (Phi) is 3.43. The number of halogens is 1. The number of primary amides is 1. The first kappa shape index (κ1) is 15.0. The molecule has 2 rings (SSSR count). The molecule has 1 saturated heterocycles. The first-order chi connectivity index (χ1) is 9.05. The molecule has 1 aliphatic heterocycles. The van der Waals surface area contributed by atoms with E-state index in [1.165, 1.54) is 12.1 Å². The van der Waals surface area contributed by atoms with Gasteiger partial charge in [0, 0.05) is 0 Å². The van der Waals surface area contributed by atoms with Gasteiger partial charge < -0.3 is 15.0 Å². The van der Waals surface area contributed by atoms with Gasteiger partial charge in [-0.1, -0.05) is 0 Å². The summed E-state index contributed by atoms with van der Waals surface area (Å²) in [6.45, 7) is 9.47. The van der Waals surface area contributed by atoms with Crippen molar-refractivity contribution in [1.82, 2.24) is 0 Å². The highest BCUT2D eigenvalue weighted by Crippen LogP contribution is 2.36. The van der Waals surface area contributed by atoms with E-state index in [4.69, 9.17) is 15.0 Å². The van der Waals surface area contributed by atoms with Gasteiger partial charge in [-0.3, -0.25) is 4.79 Å². The molecule has 0 aliphatic carbocycles. The molecule has 0 radical (unpaired) electrons. The van der Waals surface area contributed by atoms with Crippen molar-refractivity contribution in [3.05, 3.63) is 29.1 Å². The first-order valence-electron chi connectivity index (χ1n) is 6.50. The molecule has 1 amide bonds. The largest absolute Gasteiger partial charge is 0.495 e. The van der Waals surface area contributed by atoms with Crippen LogP contribution in [0.5, 0.6) is 0 Å². The van der Waals surface area contributed by atoms with Crippen LogP contribution in [0.3, 0.4) is 0 Å². The van der Waals surface area contributed by atoms with E-state index >= 15 is 0 Å². The molecule has 1 heterocycles. The highest BCUT2D eigenvalue weighted by molar-refractivity contribution is 6.62. The van der Waals surface area contributed by atoms with Crippen LogP contribution in [-0.4, -0.2) is 24.2 Å². The quantitative estimate of drug-likeness (QED) is 0.835. The Morgan fingerprint density at radius 2 is 1.70 bits per heavy atom. The number of amides is 1. The van der Waals surface area contributed by atoms with E-state index in [2.05, 4.69) is 0 Å². The van der Waals surface area contributed by atoms with Crippen molar-refractivity contribution in [3.8, 4) is 0 Å². The summed E-state index contributed by atoms with van der Waals surface area (Å²) in [7, 11) is -0.640. The smallest absolute Gasteiger partial charge is 0.399 e. The second-order valence-electron chi connectivity index (χ2n) is 6.14. The SMILES string of the molecule is Cc1cc(F)c(C(N)=O)cc1B1OC(C)(C)C(C)(C)O1. The van der Waals surface area contributed by atoms with E-state index in [-0.39, 0.29) is 5.56 Å². The molecule has 0 bridgehead atoms. The third-order valence-electron chi connectivity index (χ3n) is 4.13. The van der Waals surface area contributed by atoms with Gasteiger partial charge >= 0.3 is 7.12 Å². The highest BCUT2D eigenvalue weighted by Gasteiger charge is 2.52. The summed E-state index contributed by atoms with van der Waals surface area (Å²) in [4.78, 5) is 11.3. The van der Waals surface area contributed by atoms with Gasteiger partial charge in [0.25, 0.3) is 5.91 Å². The van der Waals surface area contributed by atoms with Crippen LogP contribution in [-0.2, 0) is 9.31 Å². The second kappa shape index (κ2) is 4.57. The Balaban J connectivity index is 2.45. The van der Waals surface area contributed by atoms with Gasteiger partial charge in [-0.2, -0.15) is 0 Å². The van der Waals surface area contributed by atoms with Crippen LogP contribution < -0.4 is 11.2 Å². The van der Waals surface area contributed by atoms with Gasteiger partial charge in [0.2, 0.25) is 0 Å². The Morgan fingerprint density at radius 1 is 1.20 bits per heavy atom. The minimum Gasteiger partial charge on any atom is -0.399 e. The molecule has 6 heteroatoms. The molecule has 4 nitrogen and oxygen atoms in total. The third-order valence-corrected chi connectivity index (χ3v) is 4.13. The summed E-state index contributed by atoms with van der Waals surface area (Å²) in [5.74, 6) is -1.43. The Hall–Kier alpha value is -1.40. The number of hydrogen-bond donors (Lipinski definition) is 1. The molecule has 1 aromatic carbocycles. The van der Waals surface area contributed by atoms with Gasteiger partial charge in [0.05, 0.1) is 16.8 Å². The molecule has 0 unspecified atom stereocenters. The zero-order valence-corrected chi connectivity index (χ0v) is 12.4. The minimum absolute atomic E-state index is 0.152. The number of rotatable bonds is 2. The lowest BCUT2D eigenvalue weighted by Gasteiger charge is -2.32. The topological polar surface area (TPSA) is 61.6 Å². The van der Waals surface area contributed by atoms with E-state index in [0.717, 1.165) is 0 Å². The average molecular weight is 279 g/mol. The van der Waals surface area contributed by atoms with Gasteiger partial charge in [0.15, 0.2) is 0 Å². The number of aryl methyl sites for hydroxylation is 1. The summed E-state index contributed by atoms with van der Waals surface area (Å²) in [6.07, 6.45) is 0. The third kappa shape index (κ3) is 2.34. The molecule has 2 N–H and O–H groups in total. The summed E-state index contributed by atoms with van der Waals surface area (Å²) in [6, 6.07) is 2.69. The molecular formula is C14H19BFNO3. The zero-order chi connectivity index (χ0) is 15.3. The van der Waals surface area contributed by atoms with Crippen LogP contribution in [0.1, 0.15) is 43.6 Å². The number of nitrogens with two attached hydrogens (primary N) is 1. The molecule has 20 heavy (non-hydrogen) atoms. The summed E-state index contributed by atoms with van der Waals surface area (Å²) >= 11 is 0. The number of benzene rings is 1. The van der Waals surface area contributed by atoms with Crippen molar-refractivity contribution < 1.29 is 18.5 Å². The molecule has 1 aromatic rings. The van der Waals surface area contributed by atoms with Crippen LogP contribution in [0.4, 0.5) is 4.39 Å². The molecular weight excluding hydrogens is 260 g/mol. The normalized spacial score (nSPS) is 20.2.